The highest BCUT2D eigenvalue weighted by molar-refractivity contribution is 5.91. The molecule has 0 aliphatic rings. The molecule has 0 spiro atoms. The monoisotopic (exact) mass is 438 g/mol. The van der Waals surface area contributed by atoms with Crippen LogP contribution in [0.25, 0.3) is 22.9 Å². The Balaban J connectivity index is 0.000000182. The highest BCUT2D eigenvalue weighted by Crippen LogP contribution is 2.25. The van der Waals surface area contributed by atoms with Gasteiger partial charge in [-0.05, 0) is 24.3 Å². The van der Waals surface area contributed by atoms with Crippen LogP contribution < -0.4 is 5.73 Å². The number of hydrogen-bond acceptors (Lipinski definition) is 9. The number of nitrogens with two attached hydrogens (primary N) is 1. The van der Waals surface area contributed by atoms with Crippen molar-refractivity contribution in [3.05, 3.63) is 82.6 Å². The second-order valence-corrected chi connectivity index (χ2v) is 6.15. The van der Waals surface area contributed by atoms with E-state index >= 15 is 0 Å². The number of carbonyl (C=O) groups is 2. The molecule has 0 saturated carbocycles. The number of rotatable bonds is 5. The van der Waals surface area contributed by atoms with E-state index in [1.165, 1.54) is 49.2 Å². The van der Waals surface area contributed by atoms with Crippen LogP contribution in [0.1, 0.15) is 20.7 Å². The summed E-state index contributed by atoms with van der Waals surface area (Å²) in [7, 11) is 0. The van der Waals surface area contributed by atoms with Gasteiger partial charge >= 0.3 is 11.9 Å². The minimum Gasteiger partial charge on any atom is -0.478 e. The van der Waals surface area contributed by atoms with Crippen LogP contribution in [0.2, 0.25) is 0 Å². The molecule has 162 valence electrons. The maximum atomic E-state index is 10.8. The third-order valence-electron chi connectivity index (χ3n) is 3.94. The molecule has 0 fully saturated rings. The number of carboxylic acids is 2. The van der Waals surface area contributed by atoms with Crippen molar-refractivity contribution in [3.63, 3.8) is 0 Å². The summed E-state index contributed by atoms with van der Waals surface area (Å²) >= 11 is 0. The van der Waals surface area contributed by atoms with Gasteiger partial charge in [0.1, 0.15) is 12.5 Å². The summed E-state index contributed by atoms with van der Waals surface area (Å²) in [4.78, 5) is 39.3. The maximum Gasteiger partial charge on any atom is 0.335 e. The van der Waals surface area contributed by atoms with Gasteiger partial charge in [-0.15, -0.1) is 0 Å². The third-order valence-corrected chi connectivity index (χ3v) is 3.94. The molecule has 0 bridgehead atoms. The molecule has 0 atom stereocenters. The van der Waals surface area contributed by atoms with E-state index in [4.69, 9.17) is 24.8 Å². The summed E-state index contributed by atoms with van der Waals surface area (Å²) in [6.07, 6.45) is 5.57. The first-order valence-corrected chi connectivity index (χ1v) is 8.71. The zero-order valence-electron chi connectivity index (χ0n) is 16.0. The fraction of sp³-hybridized carbons (Fsp3) is 0. The number of nitro benzene ring substituents is 1. The van der Waals surface area contributed by atoms with Crippen LogP contribution in [0, 0.1) is 10.1 Å². The molecule has 0 aliphatic heterocycles. The van der Waals surface area contributed by atoms with Gasteiger partial charge in [-0.2, -0.15) is 0 Å². The van der Waals surface area contributed by atoms with Gasteiger partial charge in [0.15, 0.2) is 0 Å². The highest BCUT2D eigenvalue weighted by atomic mass is 16.6. The van der Waals surface area contributed by atoms with Gasteiger partial charge in [0, 0.05) is 28.9 Å². The summed E-state index contributed by atoms with van der Waals surface area (Å²) in [5.74, 6) is -1.79. The quantitative estimate of drug-likeness (QED) is 0.234. The molecule has 4 aromatic rings. The maximum absolute atomic E-state index is 10.8. The van der Waals surface area contributed by atoms with Crippen molar-refractivity contribution in [3.8, 4) is 22.9 Å². The Kier molecular flexibility index (Phi) is 6.25. The van der Waals surface area contributed by atoms with Gasteiger partial charge in [-0.25, -0.2) is 19.6 Å². The highest BCUT2D eigenvalue weighted by Gasteiger charge is 2.16. The number of aromatic nitrogens is 2. The molecule has 4 N–H and O–H groups in total. The Morgan fingerprint density at radius 1 is 0.844 bits per heavy atom. The Labute approximate surface area is 178 Å². The molecule has 2 aromatic carbocycles. The van der Waals surface area contributed by atoms with Crippen LogP contribution >= 0.6 is 0 Å². The number of non-ortho nitro benzene ring substituents is 1. The topological polar surface area (TPSA) is 196 Å². The average molecular weight is 438 g/mol. The summed E-state index contributed by atoms with van der Waals surface area (Å²) in [5.41, 5.74) is 6.34. The molecule has 32 heavy (non-hydrogen) atoms. The molecule has 12 heteroatoms. The SMILES string of the molecule is Nc1cc(C(=O)O)cc(-c2ncco2)c1.O=C(O)c1cc(-c2ncco2)cc([N+](=O)[O-])c1. The van der Waals surface area contributed by atoms with Crippen molar-refractivity contribution in [1.82, 2.24) is 9.97 Å². The van der Waals surface area contributed by atoms with Gasteiger partial charge in [-0.3, -0.25) is 10.1 Å². The molecule has 2 aromatic heterocycles. The van der Waals surface area contributed by atoms with E-state index in [0.29, 0.717) is 17.1 Å². The normalized spacial score (nSPS) is 10.1. The van der Waals surface area contributed by atoms with E-state index in [2.05, 4.69) is 9.97 Å². The molecule has 0 saturated heterocycles. The largest absolute Gasteiger partial charge is 0.478 e. The van der Waals surface area contributed by atoms with Gasteiger partial charge in [-0.1, -0.05) is 0 Å². The Morgan fingerprint density at radius 3 is 1.78 bits per heavy atom. The predicted molar refractivity (Wildman–Crippen MR) is 109 cm³/mol. The lowest BCUT2D eigenvalue weighted by Gasteiger charge is -2.01. The minimum absolute atomic E-state index is 0.114. The smallest absolute Gasteiger partial charge is 0.335 e. The van der Waals surface area contributed by atoms with Gasteiger partial charge in [0.2, 0.25) is 11.8 Å². The molecule has 2 heterocycles. The van der Waals surface area contributed by atoms with E-state index in [9.17, 15) is 19.7 Å². The Morgan fingerprint density at radius 2 is 1.34 bits per heavy atom. The lowest BCUT2D eigenvalue weighted by molar-refractivity contribution is -0.384. The van der Waals surface area contributed by atoms with Crippen LogP contribution in [0.5, 0.6) is 0 Å². The van der Waals surface area contributed by atoms with Gasteiger partial charge in [0.25, 0.3) is 5.69 Å². The van der Waals surface area contributed by atoms with E-state index in [1.54, 1.807) is 6.07 Å². The molecule has 0 radical (unpaired) electrons. The fourth-order valence-corrected chi connectivity index (χ4v) is 2.59. The zero-order valence-corrected chi connectivity index (χ0v) is 16.0. The van der Waals surface area contributed by atoms with Crippen LogP contribution in [0.15, 0.2) is 70.2 Å². The summed E-state index contributed by atoms with van der Waals surface area (Å²) in [6, 6.07) is 7.91. The first-order valence-electron chi connectivity index (χ1n) is 8.71. The van der Waals surface area contributed by atoms with Crippen molar-refractivity contribution >= 4 is 23.3 Å². The van der Waals surface area contributed by atoms with Crippen LogP contribution in [0.4, 0.5) is 11.4 Å². The van der Waals surface area contributed by atoms with Gasteiger partial charge in [0.05, 0.1) is 28.4 Å². The minimum atomic E-state index is -1.25. The molecule has 0 aliphatic carbocycles. The Hall–Kier alpha value is -5.00. The summed E-state index contributed by atoms with van der Waals surface area (Å²) < 4.78 is 10.0. The summed E-state index contributed by atoms with van der Waals surface area (Å²) in [6.45, 7) is 0. The number of nitrogens with zero attached hydrogens (tertiary/aromatic N) is 3. The van der Waals surface area contributed by atoms with Crippen LogP contribution in [-0.4, -0.2) is 37.0 Å². The molecular weight excluding hydrogens is 424 g/mol. The zero-order chi connectivity index (χ0) is 23.3. The van der Waals surface area contributed by atoms with Crippen molar-refractivity contribution in [1.29, 1.82) is 0 Å². The van der Waals surface area contributed by atoms with Crippen LogP contribution in [-0.2, 0) is 0 Å². The van der Waals surface area contributed by atoms with E-state index in [-0.39, 0.29) is 28.3 Å². The van der Waals surface area contributed by atoms with E-state index < -0.39 is 16.9 Å². The number of carboxylic acid groups (broad SMARTS) is 2. The third kappa shape index (κ3) is 5.13. The second-order valence-electron chi connectivity index (χ2n) is 6.15. The van der Waals surface area contributed by atoms with Crippen molar-refractivity contribution in [2.75, 3.05) is 5.73 Å². The number of benzene rings is 2. The summed E-state index contributed by atoms with van der Waals surface area (Å²) in [5, 5.41) is 28.3. The predicted octanol–water partition coefficient (Wildman–Crippen LogP) is 3.57. The number of oxazole rings is 2. The first-order chi connectivity index (χ1) is 15.2. The van der Waals surface area contributed by atoms with Gasteiger partial charge < -0.3 is 24.8 Å². The number of aromatic carboxylic acids is 2. The average Bonchev–Trinajstić information content (AvgIpc) is 3.47. The van der Waals surface area contributed by atoms with E-state index in [1.807, 2.05) is 0 Å². The molecule has 12 nitrogen and oxygen atoms in total. The standard InChI is InChI=1S/C10H6N2O5.C10H8N2O3/c13-10(14)7-3-6(9-11-1-2-17-9)4-8(5-7)12(15)16;11-8-4-6(9-12-1-2-15-9)3-7(5-8)10(13)14/h1-5H,(H,13,14);1-5H,11H2,(H,13,14). The van der Waals surface area contributed by atoms with Crippen molar-refractivity contribution in [2.45, 2.75) is 0 Å². The fourth-order valence-electron chi connectivity index (χ4n) is 2.59. The molecular formula is C20H14N4O8. The lowest BCUT2D eigenvalue weighted by atomic mass is 10.1. The van der Waals surface area contributed by atoms with Crippen molar-refractivity contribution in [2.24, 2.45) is 0 Å². The number of anilines is 1. The molecule has 0 unspecified atom stereocenters. The number of nitrogen functional groups attached to an aromatic ring is 1. The number of nitro groups is 1. The Bertz CT molecular complexity index is 1230. The number of hydrogen-bond donors (Lipinski definition) is 3. The second kappa shape index (κ2) is 9.21. The first kappa shape index (κ1) is 21.7. The molecule has 4 rings (SSSR count). The van der Waals surface area contributed by atoms with Crippen molar-refractivity contribution < 1.29 is 33.6 Å². The lowest BCUT2D eigenvalue weighted by Crippen LogP contribution is -1.99. The van der Waals surface area contributed by atoms with E-state index in [0.717, 1.165) is 6.07 Å². The van der Waals surface area contributed by atoms with Crippen LogP contribution in [0.3, 0.4) is 0 Å². The molecule has 0 amide bonds.